The van der Waals surface area contributed by atoms with E-state index in [9.17, 15) is 4.79 Å². The molecule has 1 aromatic rings. The van der Waals surface area contributed by atoms with Gasteiger partial charge < -0.3 is 4.79 Å². The third-order valence-electron chi connectivity index (χ3n) is 3.61. The second-order valence-electron chi connectivity index (χ2n) is 5.23. The second-order valence-corrected chi connectivity index (χ2v) is 5.23. The molecule has 0 fully saturated rings. The van der Waals surface area contributed by atoms with Gasteiger partial charge in [-0.15, -0.1) is 0 Å². The number of hydrogen-bond donors (Lipinski definition) is 0. The number of rotatable bonds is 2. The zero-order valence-corrected chi connectivity index (χ0v) is 9.71. The van der Waals surface area contributed by atoms with E-state index in [1.54, 1.807) is 0 Å². The first-order valence-electron chi connectivity index (χ1n) is 5.63. The number of carbonyl (C=O) groups is 1. The Morgan fingerprint density at radius 1 is 1.40 bits per heavy atom. The molecule has 0 aliphatic heterocycles. The summed E-state index contributed by atoms with van der Waals surface area (Å²) in [4.78, 5) is 10.7. The zero-order chi connectivity index (χ0) is 11.1. The van der Waals surface area contributed by atoms with Crippen molar-refractivity contribution in [1.29, 1.82) is 0 Å². The lowest BCUT2D eigenvalue weighted by Gasteiger charge is -2.19. The van der Waals surface area contributed by atoms with Gasteiger partial charge in [0.25, 0.3) is 0 Å². The van der Waals surface area contributed by atoms with Crippen molar-refractivity contribution in [3.05, 3.63) is 34.9 Å². The van der Waals surface area contributed by atoms with Crippen molar-refractivity contribution in [2.75, 3.05) is 0 Å². The second kappa shape index (κ2) is 3.48. The standard InChI is InChI=1S/C14H18O/c1-10(9-15)11-4-5-13-12(8-11)6-7-14(13,2)3/h4-5,8-10H,6-7H2,1-3H3. The highest BCUT2D eigenvalue weighted by molar-refractivity contribution is 5.62. The van der Waals surface area contributed by atoms with Crippen LogP contribution in [0.1, 0.15) is 49.8 Å². The minimum atomic E-state index is 0.0269. The number of hydrogen-bond acceptors (Lipinski definition) is 1. The Morgan fingerprint density at radius 3 is 2.80 bits per heavy atom. The highest BCUT2D eigenvalue weighted by Gasteiger charge is 2.29. The molecule has 0 spiro atoms. The monoisotopic (exact) mass is 202 g/mol. The highest BCUT2D eigenvalue weighted by atomic mass is 16.1. The van der Waals surface area contributed by atoms with Gasteiger partial charge in [-0.2, -0.15) is 0 Å². The van der Waals surface area contributed by atoms with Gasteiger partial charge in [-0.25, -0.2) is 0 Å². The molecule has 0 bridgehead atoms. The topological polar surface area (TPSA) is 17.1 Å². The molecule has 0 heterocycles. The molecular weight excluding hydrogens is 184 g/mol. The fourth-order valence-corrected chi connectivity index (χ4v) is 2.42. The summed E-state index contributed by atoms with van der Waals surface area (Å²) in [6.45, 7) is 6.54. The minimum Gasteiger partial charge on any atom is -0.303 e. The van der Waals surface area contributed by atoms with Crippen LogP contribution in [-0.2, 0) is 16.6 Å². The molecule has 1 aromatic carbocycles. The maximum Gasteiger partial charge on any atom is 0.127 e. The molecule has 1 heteroatoms. The first kappa shape index (κ1) is 10.4. The smallest absolute Gasteiger partial charge is 0.127 e. The molecule has 80 valence electrons. The van der Waals surface area contributed by atoms with Gasteiger partial charge in [0.2, 0.25) is 0 Å². The van der Waals surface area contributed by atoms with Gasteiger partial charge >= 0.3 is 0 Å². The van der Waals surface area contributed by atoms with E-state index in [1.165, 1.54) is 17.5 Å². The van der Waals surface area contributed by atoms with Crippen LogP contribution in [-0.4, -0.2) is 6.29 Å². The number of fused-ring (bicyclic) bond motifs is 1. The van der Waals surface area contributed by atoms with Gasteiger partial charge in [0.1, 0.15) is 6.29 Å². The fraction of sp³-hybridized carbons (Fsp3) is 0.500. The molecule has 1 unspecified atom stereocenters. The lowest BCUT2D eigenvalue weighted by atomic mass is 9.86. The van der Waals surface area contributed by atoms with Gasteiger partial charge in [0.05, 0.1) is 0 Å². The van der Waals surface area contributed by atoms with Gasteiger partial charge in [-0.1, -0.05) is 39.0 Å². The summed E-state index contributed by atoms with van der Waals surface area (Å²) < 4.78 is 0. The van der Waals surface area contributed by atoms with E-state index in [-0.39, 0.29) is 5.92 Å². The Hall–Kier alpha value is -1.11. The largest absolute Gasteiger partial charge is 0.303 e. The normalized spacial score (nSPS) is 19.7. The molecule has 1 aliphatic carbocycles. The molecule has 15 heavy (non-hydrogen) atoms. The predicted octanol–water partition coefficient (Wildman–Crippen LogP) is 3.21. The average molecular weight is 202 g/mol. The Bertz CT molecular complexity index is 390. The van der Waals surface area contributed by atoms with Crippen LogP contribution in [0.5, 0.6) is 0 Å². The molecule has 0 N–H and O–H groups in total. The molecule has 0 saturated carbocycles. The summed E-state index contributed by atoms with van der Waals surface area (Å²) in [5.74, 6) is 0.0269. The van der Waals surface area contributed by atoms with Crippen LogP contribution in [0.4, 0.5) is 0 Å². The summed E-state index contributed by atoms with van der Waals surface area (Å²) in [6, 6.07) is 6.52. The summed E-state index contributed by atoms with van der Waals surface area (Å²) in [7, 11) is 0. The molecular formula is C14H18O. The highest BCUT2D eigenvalue weighted by Crippen LogP contribution is 2.39. The molecule has 1 nitrogen and oxygen atoms in total. The lowest BCUT2D eigenvalue weighted by molar-refractivity contribution is -0.108. The van der Waals surface area contributed by atoms with E-state index >= 15 is 0 Å². The average Bonchev–Trinajstić information content (AvgIpc) is 2.53. The van der Waals surface area contributed by atoms with Crippen molar-refractivity contribution in [1.82, 2.24) is 0 Å². The van der Waals surface area contributed by atoms with Crippen LogP contribution in [0.25, 0.3) is 0 Å². The van der Waals surface area contributed by atoms with Crippen LogP contribution in [0.3, 0.4) is 0 Å². The maximum absolute atomic E-state index is 10.7. The molecule has 0 aromatic heterocycles. The van der Waals surface area contributed by atoms with E-state index < -0.39 is 0 Å². The van der Waals surface area contributed by atoms with Gasteiger partial charge in [0, 0.05) is 5.92 Å². The van der Waals surface area contributed by atoms with Crippen LogP contribution in [0.2, 0.25) is 0 Å². The van der Waals surface area contributed by atoms with E-state index in [4.69, 9.17) is 0 Å². The third-order valence-corrected chi connectivity index (χ3v) is 3.61. The lowest BCUT2D eigenvalue weighted by Crippen LogP contribution is -2.11. The van der Waals surface area contributed by atoms with Gasteiger partial charge in [-0.05, 0) is 34.9 Å². The summed E-state index contributed by atoms with van der Waals surface area (Å²) in [5.41, 5.74) is 4.37. The molecule has 1 aliphatic rings. The number of aldehydes is 1. The summed E-state index contributed by atoms with van der Waals surface area (Å²) >= 11 is 0. The van der Waals surface area contributed by atoms with Crippen LogP contribution in [0.15, 0.2) is 18.2 Å². The van der Waals surface area contributed by atoms with Crippen molar-refractivity contribution in [2.24, 2.45) is 0 Å². The van der Waals surface area contributed by atoms with Crippen LogP contribution in [0, 0.1) is 0 Å². The Labute approximate surface area is 91.5 Å². The van der Waals surface area contributed by atoms with Crippen LogP contribution >= 0.6 is 0 Å². The van der Waals surface area contributed by atoms with Crippen molar-refractivity contribution >= 4 is 6.29 Å². The SMILES string of the molecule is CC(C=O)c1ccc2c(c1)CCC2(C)C. The predicted molar refractivity (Wildman–Crippen MR) is 62.3 cm³/mol. The van der Waals surface area contributed by atoms with E-state index in [0.29, 0.717) is 5.41 Å². The van der Waals surface area contributed by atoms with E-state index in [1.807, 2.05) is 6.92 Å². The zero-order valence-electron chi connectivity index (χ0n) is 9.71. The number of benzene rings is 1. The third kappa shape index (κ3) is 1.71. The van der Waals surface area contributed by atoms with Crippen molar-refractivity contribution in [2.45, 2.75) is 44.9 Å². The van der Waals surface area contributed by atoms with Crippen molar-refractivity contribution in [3.8, 4) is 0 Å². The number of aryl methyl sites for hydroxylation is 1. The fourth-order valence-electron chi connectivity index (χ4n) is 2.42. The summed E-state index contributed by atoms with van der Waals surface area (Å²) in [5, 5.41) is 0. The molecule has 1 atom stereocenters. The van der Waals surface area contributed by atoms with E-state index in [2.05, 4.69) is 32.0 Å². The molecule has 0 radical (unpaired) electrons. The van der Waals surface area contributed by atoms with Gasteiger partial charge in [-0.3, -0.25) is 0 Å². The quantitative estimate of drug-likeness (QED) is 0.673. The van der Waals surface area contributed by atoms with Crippen molar-refractivity contribution in [3.63, 3.8) is 0 Å². The van der Waals surface area contributed by atoms with Crippen LogP contribution < -0.4 is 0 Å². The maximum atomic E-state index is 10.7. The minimum absolute atomic E-state index is 0.0269. The molecule has 0 saturated heterocycles. The Morgan fingerprint density at radius 2 is 2.13 bits per heavy atom. The first-order chi connectivity index (χ1) is 7.04. The molecule has 0 amide bonds. The Kier molecular flexibility index (Phi) is 2.41. The van der Waals surface area contributed by atoms with Crippen molar-refractivity contribution < 1.29 is 4.79 Å². The first-order valence-corrected chi connectivity index (χ1v) is 5.63. The van der Waals surface area contributed by atoms with Gasteiger partial charge in [0.15, 0.2) is 0 Å². The number of carbonyl (C=O) groups excluding carboxylic acids is 1. The molecule has 2 rings (SSSR count). The van der Waals surface area contributed by atoms with E-state index in [0.717, 1.165) is 18.3 Å². The summed E-state index contributed by atoms with van der Waals surface area (Å²) in [6.07, 6.45) is 3.39. The Balaban J connectivity index is 2.41.